The Labute approximate surface area is 156 Å². The van der Waals surface area contributed by atoms with E-state index in [0.717, 1.165) is 37.4 Å². The van der Waals surface area contributed by atoms with Gasteiger partial charge >= 0.3 is 0 Å². The van der Waals surface area contributed by atoms with E-state index in [1.165, 1.54) is 28.5 Å². The van der Waals surface area contributed by atoms with Crippen molar-refractivity contribution in [3.63, 3.8) is 0 Å². The molecule has 3 aromatic rings. The van der Waals surface area contributed by atoms with Crippen LogP contribution in [0.3, 0.4) is 0 Å². The largest absolute Gasteiger partial charge is 0.315 e. The van der Waals surface area contributed by atoms with Gasteiger partial charge in [0.1, 0.15) is 0 Å². The van der Waals surface area contributed by atoms with E-state index in [2.05, 4.69) is 78.7 Å². The molecule has 0 amide bonds. The van der Waals surface area contributed by atoms with Gasteiger partial charge in [-0.3, -0.25) is 9.88 Å². The Morgan fingerprint density at radius 1 is 0.923 bits per heavy atom. The quantitative estimate of drug-likeness (QED) is 0.770. The Hall–Kier alpha value is -2.23. The lowest BCUT2D eigenvalue weighted by Crippen LogP contribution is -2.33. The van der Waals surface area contributed by atoms with Crippen molar-refractivity contribution in [2.75, 3.05) is 26.2 Å². The van der Waals surface area contributed by atoms with Gasteiger partial charge in [-0.05, 0) is 44.5 Å². The predicted octanol–water partition coefficient (Wildman–Crippen LogP) is 4.24. The third-order valence-electron chi connectivity index (χ3n) is 5.20. The Balaban J connectivity index is 1.82. The molecule has 1 saturated heterocycles. The summed E-state index contributed by atoms with van der Waals surface area (Å²) in [6, 6.07) is 19.9. The second kappa shape index (κ2) is 7.56. The van der Waals surface area contributed by atoms with Crippen LogP contribution in [0.5, 0.6) is 0 Å². The summed E-state index contributed by atoms with van der Waals surface area (Å²) in [6.45, 7) is 8.65. The fourth-order valence-electron chi connectivity index (χ4n) is 4.10. The summed E-state index contributed by atoms with van der Waals surface area (Å²) in [4.78, 5) is 7.64. The van der Waals surface area contributed by atoms with Crippen molar-refractivity contribution < 1.29 is 0 Å². The molecule has 2 heterocycles. The van der Waals surface area contributed by atoms with E-state index in [1.54, 1.807) is 0 Å². The number of hydrogen-bond acceptors (Lipinski definition) is 3. The molecule has 0 aliphatic carbocycles. The van der Waals surface area contributed by atoms with E-state index in [9.17, 15) is 0 Å². The summed E-state index contributed by atoms with van der Waals surface area (Å²) in [5.41, 5.74) is 6.22. The molecule has 1 aliphatic heterocycles. The van der Waals surface area contributed by atoms with Crippen molar-refractivity contribution in [2.45, 2.75) is 26.3 Å². The Morgan fingerprint density at radius 2 is 1.73 bits per heavy atom. The van der Waals surface area contributed by atoms with Gasteiger partial charge in [0.25, 0.3) is 0 Å². The van der Waals surface area contributed by atoms with Crippen LogP contribution in [0.25, 0.3) is 10.9 Å². The molecule has 1 N–H and O–H groups in total. The standard InChI is InChI=1S/C23H27N3/c1-17-14-18(2)16-20(15-17)23(26-12-5-10-24-11-13-26)22-9-8-19-6-3-4-7-21(19)25-22/h3-4,6-9,14-16,23-24H,5,10-13H2,1-2H3. The molecule has 0 bridgehead atoms. The maximum Gasteiger partial charge on any atom is 0.0777 e. The average Bonchev–Trinajstić information content (AvgIpc) is 2.90. The van der Waals surface area contributed by atoms with Crippen molar-refractivity contribution in [2.24, 2.45) is 0 Å². The highest BCUT2D eigenvalue weighted by atomic mass is 15.2. The zero-order valence-electron chi connectivity index (χ0n) is 15.7. The van der Waals surface area contributed by atoms with Crippen LogP contribution in [0, 0.1) is 13.8 Å². The third kappa shape index (κ3) is 3.64. The fraction of sp³-hybridized carbons (Fsp3) is 0.348. The molecular weight excluding hydrogens is 318 g/mol. The first-order valence-electron chi connectivity index (χ1n) is 9.59. The molecule has 0 saturated carbocycles. The van der Waals surface area contributed by atoms with E-state index in [0.29, 0.717) is 0 Å². The zero-order chi connectivity index (χ0) is 17.9. The molecule has 1 atom stereocenters. The van der Waals surface area contributed by atoms with Crippen LogP contribution in [0.4, 0.5) is 0 Å². The van der Waals surface area contributed by atoms with Crippen molar-refractivity contribution in [1.29, 1.82) is 0 Å². The summed E-state index contributed by atoms with van der Waals surface area (Å²) in [5.74, 6) is 0. The summed E-state index contributed by atoms with van der Waals surface area (Å²) in [7, 11) is 0. The second-order valence-corrected chi connectivity index (χ2v) is 7.39. The summed E-state index contributed by atoms with van der Waals surface area (Å²) < 4.78 is 0. The van der Waals surface area contributed by atoms with Gasteiger partial charge in [-0.2, -0.15) is 0 Å². The first kappa shape index (κ1) is 17.2. The molecule has 4 rings (SSSR count). The molecule has 3 heteroatoms. The number of rotatable bonds is 3. The van der Waals surface area contributed by atoms with Gasteiger partial charge in [0.2, 0.25) is 0 Å². The van der Waals surface area contributed by atoms with Crippen molar-refractivity contribution in [3.8, 4) is 0 Å². The van der Waals surface area contributed by atoms with E-state index in [1.807, 2.05) is 0 Å². The van der Waals surface area contributed by atoms with Crippen LogP contribution >= 0.6 is 0 Å². The number of pyridine rings is 1. The topological polar surface area (TPSA) is 28.2 Å². The molecule has 134 valence electrons. The van der Waals surface area contributed by atoms with Crippen LogP contribution in [0.15, 0.2) is 54.6 Å². The van der Waals surface area contributed by atoms with Crippen LogP contribution in [-0.4, -0.2) is 36.1 Å². The number of benzene rings is 2. The first-order chi connectivity index (χ1) is 12.7. The molecule has 1 fully saturated rings. The molecular formula is C23H27N3. The minimum Gasteiger partial charge on any atom is -0.315 e. The summed E-state index contributed by atoms with van der Waals surface area (Å²) in [6.07, 6.45) is 1.18. The summed E-state index contributed by atoms with van der Waals surface area (Å²) >= 11 is 0. The van der Waals surface area contributed by atoms with Gasteiger partial charge in [0.15, 0.2) is 0 Å². The number of hydrogen-bond donors (Lipinski definition) is 1. The highest BCUT2D eigenvalue weighted by Gasteiger charge is 2.25. The highest BCUT2D eigenvalue weighted by Crippen LogP contribution is 2.30. The minimum absolute atomic E-state index is 0.207. The molecule has 2 aromatic carbocycles. The SMILES string of the molecule is Cc1cc(C)cc(C(c2ccc3ccccc3n2)N2CCCNCC2)c1. The number of nitrogens with one attached hydrogen (secondary N) is 1. The van der Waals surface area contributed by atoms with Gasteiger partial charge in [-0.25, -0.2) is 0 Å². The Morgan fingerprint density at radius 3 is 2.58 bits per heavy atom. The number of fused-ring (bicyclic) bond motifs is 1. The predicted molar refractivity (Wildman–Crippen MR) is 109 cm³/mol. The van der Waals surface area contributed by atoms with Crippen molar-refractivity contribution >= 4 is 10.9 Å². The van der Waals surface area contributed by atoms with Gasteiger partial charge in [-0.15, -0.1) is 0 Å². The number of aromatic nitrogens is 1. The lowest BCUT2D eigenvalue weighted by atomic mass is 9.96. The lowest BCUT2D eigenvalue weighted by molar-refractivity contribution is 0.237. The van der Waals surface area contributed by atoms with Crippen LogP contribution in [0.1, 0.15) is 34.8 Å². The monoisotopic (exact) mass is 345 g/mol. The number of aryl methyl sites for hydroxylation is 2. The van der Waals surface area contributed by atoms with E-state index in [-0.39, 0.29) is 6.04 Å². The highest BCUT2D eigenvalue weighted by molar-refractivity contribution is 5.78. The van der Waals surface area contributed by atoms with Crippen molar-refractivity contribution in [1.82, 2.24) is 15.2 Å². The number of nitrogens with zero attached hydrogens (tertiary/aromatic N) is 2. The normalized spacial score (nSPS) is 17.2. The van der Waals surface area contributed by atoms with Crippen LogP contribution in [0.2, 0.25) is 0 Å². The van der Waals surface area contributed by atoms with E-state index >= 15 is 0 Å². The average molecular weight is 345 g/mol. The molecule has 1 unspecified atom stereocenters. The van der Waals surface area contributed by atoms with E-state index < -0.39 is 0 Å². The van der Waals surface area contributed by atoms with Gasteiger partial charge in [0.05, 0.1) is 17.3 Å². The minimum atomic E-state index is 0.207. The van der Waals surface area contributed by atoms with Crippen LogP contribution < -0.4 is 5.32 Å². The molecule has 1 aliphatic rings. The van der Waals surface area contributed by atoms with Crippen molar-refractivity contribution in [3.05, 3.63) is 77.0 Å². The third-order valence-corrected chi connectivity index (χ3v) is 5.20. The molecule has 0 radical (unpaired) electrons. The molecule has 3 nitrogen and oxygen atoms in total. The lowest BCUT2D eigenvalue weighted by Gasteiger charge is -2.31. The van der Waals surface area contributed by atoms with Crippen LogP contribution in [-0.2, 0) is 0 Å². The first-order valence-corrected chi connectivity index (χ1v) is 9.59. The maximum atomic E-state index is 5.06. The van der Waals surface area contributed by atoms with Gasteiger partial charge in [0, 0.05) is 25.0 Å². The molecule has 1 aromatic heterocycles. The zero-order valence-corrected chi connectivity index (χ0v) is 15.7. The van der Waals surface area contributed by atoms with E-state index in [4.69, 9.17) is 4.98 Å². The Kier molecular flexibility index (Phi) is 5.00. The second-order valence-electron chi connectivity index (χ2n) is 7.39. The molecule has 26 heavy (non-hydrogen) atoms. The smallest absolute Gasteiger partial charge is 0.0777 e. The Bertz CT molecular complexity index is 875. The van der Waals surface area contributed by atoms with Gasteiger partial charge < -0.3 is 5.32 Å². The number of para-hydroxylation sites is 1. The van der Waals surface area contributed by atoms with Gasteiger partial charge in [-0.1, -0.05) is 53.6 Å². The summed E-state index contributed by atoms with van der Waals surface area (Å²) in [5, 5.41) is 4.73. The fourth-order valence-corrected chi connectivity index (χ4v) is 4.10. The maximum absolute atomic E-state index is 5.06. The molecule has 0 spiro atoms.